The molecule has 0 aliphatic carbocycles. The van der Waals surface area contributed by atoms with Crippen LogP contribution < -0.4 is 21.1 Å². The molecule has 1 atom stereocenters. The van der Waals surface area contributed by atoms with Gasteiger partial charge in [0.2, 0.25) is 5.91 Å². The van der Waals surface area contributed by atoms with Gasteiger partial charge in [0.15, 0.2) is 0 Å². The minimum absolute atomic E-state index is 0.0907. The van der Waals surface area contributed by atoms with Gasteiger partial charge in [-0.15, -0.1) is 0 Å². The van der Waals surface area contributed by atoms with E-state index in [0.717, 1.165) is 17.3 Å². The van der Waals surface area contributed by atoms with E-state index in [1.54, 1.807) is 37.4 Å². The SMILES string of the molecule is COc1ccc(N=C2S[C@H](C(=O)Nc3ccc(F)cc3)C(N)=C2C(=O)Nc2ccccc2C)cc1. The Hall–Kier alpha value is -4.11. The molecule has 3 aromatic rings. The number of aliphatic imine (C=N–C) groups is 1. The van der Waals surface area contributed by atoms with E-state index in [-0.39, 0.29) is 11.3 Å². The summed E-state index contributed by atoms with van der Waals surface area (Å²) >= 11 is 1.08. The van der Waals surface area contributed by atoms with Crippen molar-refractivity contribution >= 4 is 45.7 Å². The Kier molecular flexibility index (Phi) is 7.17. The molecule has 35 heavy (non-hydrogen) atoms. The van der Waals surface area contributed by atoms with Crippen LogP contribution in [0.25, 0.3) is 0 Å². The maximum Gasteiger partial charge on any atom is 0.260 e. The topological polar surface area (TPSA) is 106 Å². The maximum absolute atomic E-state index is 13.3. The second-order valence-corrected chi connectivity index (χ2v) is 8.80. The Morgan fingerprint density at radius 1 is 1.00 bits per heavy atom. The van der Waals surface area contributed by atoms with Crippen LogP contribution in [-0.4, -0.2) is 29.2 Å². The van der Waals surface area contributed by atoms with E-state index in [9.17, 15) is 14.0 Å². The molecule has 0 spiro atoms. The first-order valence-corrected chi connectivity index (χ1v) is 11.6. The number of ether oxygens (including phenoxy) is 1. The zero-order chi connectivity index (χ0) is 24.9. The lowest BCUT2D eigenvalue weighted by atomic mass is 10.1. The number of halogens is 1. The molecule has 1 aliphatic heterocycles. The normalized spacial score (nSPS) is 16.3. The first kappa shape index (κ1) is 24.0. The molecule has 4 N–H and O–H groups in total. The average Bonchev–Trinajstić information content (AvgIpc) is 3.18. The highest BCUT2D eigenvalue weighted by Gasteiger charge is 2.38. The van der Waals surface area contributed by atoms with Crippen molar-refractivity contribution in [3.05, 3.63) is 95.4 Å². The zero-order valence-electron chi connectivity index (χ0n) is 19.0. The number of para-hydroxylation sites is 1. The molecule has 3 aromatic carbocycles. The van der Waals surface area contributed by atoms with E-state index >= 15 is 0 Å². The lowest BCUT2D eigenvalue weighted by Gasteiger charge is -2.11. The predicted molar refractivity (Wildman–Crippen MR) is 138 cm³/mol. The smallest absolute Gasteiger partial charge is 0.260 e. The minimum Gasteiger partial charge on any atom is -0.497 e. The number of carbonyl (C=O) groups excluding carboxylic acids is 2. The molecule has 9 heteroatoms. The molecule has 4 rings (SSSR count). The molecule has 0 aromatic heterocycles. The minimum atomic E-state index is -0.894. The summed E-state index contributed by atoms with van der Waals surface area (Å²) in [6.45, 7) is 1.88. The number of anilines is 2. The molecule has 0 radical (unpaired) electrons. The van der Waals surface area contributed by atoms with Gasteiger partial charge < -0.3 is 21.1 Å². The van der Waals surface area contributed by atoms with Gasteiger partial charge in [-0.3, -0.25) is 9.59 Å². The van der Waals surface area contributed by atoms with Crippen molar-refractivity contribution in [3.8, 4) is 5.75 Å². The number of benzene rings is 3. The summed E-state index contributed by atoms with van der Waals surface area (Å²) in [6.07, 6.45) is 0. The van der Waals surface area contributed by atoms with Gasteiger partial charge in [-0.1, -0.05) is 30.0 Å². The van der Waals surface area contributed by atoms with Crippen molar-refractivity contribution < 1.29 is 18.7 Å². The first-order valence-electron chi connectivity index (χ1n) is 10.7. The van der Waals surface area contributed by atoms with Crippen LogP contribution in [0.1, 0.15) is 5.56 Å². The highest BCUT2D eigenvalue weighted by atomic mass is 32.2. The first-order chi connectivity index (χ1) is 16.9. The van der Waals surface area contributed by atoms with Crippen LogP contribution in [0, 0.1) is 12.7 Å². The Bertz CT molecular complexity index is 1320. The van der Waals surface area contributed by atoms with Crippen LogP contribution in [-0.2, 0) is 9.59 Å². The predicted octanol–water partition coefficient (Wildman–Crippen LogP) is 4.78. The fourth-order valence-electron chi connectivity index (χ4n) is 3.41. The summed E-state index contributed by atoms with van der Waals surface area (Å²) in [5.41, 5.74) is 9.08. The van der Waals surface area contributed by atoms with Crippen molar-refractivity contribution in [2.75, 3.05) is 17.7 Å². The molecule has 0 fully saturated rings. The van der Waals surface area contributed by atoms with Crippen LogP contribution >= 0.6 is 11.8 Å². The van der Waals surface area contributed by atoms with E-state index in [2.05, 4.69) is 15.6 Å². The number of nitrogens with two attached hydrogens (primary N) is 1. The number of thioether (sulfide) groups is 1. The summed E-state index contributed by atoms with van der Waals surface area (Å²) in [5.74, 6) is -0.659. The number of aryl methyl sites for hydroxylation is 1. The van der Waals surface area contributed by atoms with Gasteiger partial charge in [0.1, 0.15) is 21.9 Å². The fourth-order valence-corrected chi connectivity index (χ4v) is 4.53. The summed E-state index contributed by atoms with van der Waals surface area (Å²) < 4.78 is 18.4. The molecule has 0 unspecified atom stereocenters. The van der Waals surface area contributed by atoms with Crippen LogP contribution in [0.4, 0.5) is 21.5 Å². The van der Waals surface area contributed by atoms with Crippen LogP contribution in [0.15, 0.2) is 89.1 Å². The standard InChI is InChI=1S/C26H23FN4O3S/c1-15-5-3-4-6-20(15)31-24(32)21-22(28)23(25(33)29-17-9-7-16(27)8-10-17)35-26(21)30-18-11-13-19(34-2)14-12-18/h3-14,23H,28H2,1-2H3,(H,29,33)(H,31,32)/t23-/m0/s1. The van der Waals surface area contributed by atoms with Crippen molar-refractivity contribution in [1.29, 1.82) is 0 Å². The summed E-state index contributed by atoms with van der Waals surface area (Å²) in [4.78, 5) is 30.9. The van der Waals surface area contributed by atoms with E-state index < -0.39 is 22.9 Å². The summed E-state index contributed by atoms with van der Waals surface area (Å²) in [5, 5.41) is 5.01. The van der Waals surface area contributed by atoms with Gasteiger partial charge in [-0.05, 0) is 67.1 Å². The third kappa shape index (κ3) is 5.52. The van der Waals surface area contributed by atoms with Crippen molar-refractivity contribution in [3.63, 3.8) is 0 Å². The molecule has 0 bridgehead atoms. The molecule has 178 valence electrons. The summed E-state index contributed by atoms with van der Waals surface area (Å²) in [7, 11) is 1.56. The third-order valence-corrected chi connectivity index (χ3v) is 6.51. The molecule has 7 nitrogen and oxygen atoms in total. The lowest BCUT2D eigenvalue weighted by Crippen LogP contribution is -2.29. The average molecular weight is 491 g/mol. The Labute approximate surface area is 206 Å². The quantitative estimate of drug-likeness (QED) is 0.461. The van der Waals surface area contributed by atoms with Crippen LogP contribution in [0.5, 0.6) is 5.75 Å². The number of nitrogens with zero attached hydrogens (tertiary/aromatic N) is 1. The number of nitrogens with one attached hydrogen (secondary N) is 2. The monoisotopic (exact) mass is 490 g/mol. The van der Waals surface area contributed by atoms with E-state index in [0.29, 0.717) is 27.9 Å². The van der Waals surface area contributed by atoms with Gasteiger partial charge in [0, 0.05) is 17.1 Å². The molecule has 0 saturated heterocycles. The highest BCUT2D eigenvalue weighted by molar-refractivity contribution is 8.16. The molecular formula is C26H23FN4O3S. The zero-order valence-corrected chi connectivity index (χ0v) is 19.9. The van der Waals surface area contributed by atoms with Gasteiger partial charge in [0.25, 0.3) is 5.91 Å². The Morgan fingerprint density at radius 2 is 1.69 bits per heavy atom. The molecule has 2 amide bonds. The highest BCUT2D eigenvalue weighted by Crippen LogP contribution is 2.36. The molecule has 0 saturated carbocycles. The molecule has 1 heterocycles. The van der Waals surface area contributed by atoms with Gasteiger partial charge in [0.05, 0.1) is 18.4 Å². The van der Waals surface area contributed by atoms with Crippen LogP contribution in [0.2, 0.25) is 0 Å². The number of rotatable bonds is 6. The van der Waals surface area contributed by atoms with Gasteiger partial charge >= 0.3 is 0 Å². The fraction of sp³-hybridized carbons (Fsp3) is 0.115. The van der Waals surface area contributed by atoms with Gasteiger partial charge in [-0.2, -0.15) is 0 Å². The number of carbonyl (C=O) groups is 2. The summed E-state index contributed by atoms with van der Waals surface area (Å²) in [6, 6.07) is 19.7. The lowest BCUT2D eigenvalue weighted by molar-refractivity contribution is -0.115. The number of methoxy groups -OCH3 is 1. The second kappa shape index (κ2) is 10.4. The van der Waals surface area contributed by atoms with Crippen molar-refractivity contribution in [1.82, 2.24) is 0 Å². The van der Waals surface area contributed by atoms with E-state index in [4.69, 9.17) is 10.5 Å². The van der Waals surface area contributed by atoms with E-state index in [1.807, 2.05) is 25.1 Å². The van der Waals surface area contributed by atoms with Crippen molar-refractivity contribution in [2.24, 2.45) is 10.7 Å². The number of hydrogen-bond acceptors (Lipinski definition) is 6. The Balaban J connectivity index is 1.66. The Morgan fingerprint density at radius 3 is 2.34 bits per heavy atom. The van der Waals surface area contributed by atoms with Crippen molar-refractivity contribution in [2.45, 2.75) is 12.2 Å². The largest absolute Gasteiger partial charge is 0.497 e. The number of amides is 2. The number of hydrogen-bond donors (Lipinski definition) is 3. The third-order valence-electron chi connectivity index (χ3n) is 5.29. The van der Waals surface area contributed by atoms with Crippen LogP contribution in [0.3, 0.4) is 0 Å². The molecule has 1 aliphatic rings. The second-order valence-electron chi connectivity index (χ2n) is 7.71. The van der Waals surface area contributed by atoms with Gasteiger partial charge in [-0.25, -0.2) is 9.38 Å². The van der Waals surface area contributed by atoms with E-state index in [1.165, 1.54) is 24.3 Å². The molecular weight excluding hydrogens is 467 g/mol. The maximum atomic E-state index is 13.3.